The van der Waals surface area contributed by atoms with Gasteiger partial charge < -0.3 is 13.3 Å². The van der Waals surface area contributed by atoms with E-state index in [1.54, 1.807) is 12.4 Å². The van der Waals surface area contributed by atoms with Crippen LogP contribution in [0.3, 0.4) is 0 Å². The van der Waals surface area contributed by atoms with Crippen LogP contribution in [0.4, 0.5) is 0 Å². The van der Waals surface area contributed by atoms with Gasteiger partial charge in [0.05, 0.1) is 12.4 Å². The largest absolute Gasteiger partial charge is 0.456 e. The van der Waals surface area contributed by atoms with Crippen molar-refractivity contribution in [2.45, 2.75) is 0 Å². The second kappa shape index (κ2) is 14.0. The van der Waals surface area contributed by atoms with Gasteiger partial charge in [-0.1, -0.05) is 97.1 Å². The minimum Gasteiger partial charge on any atom is -0.456 e. The van der Waals surface area contributed by atoms with E-state index in [0.29, 0.717) is 0 Å². The quantitative estimate of drug-likeness (QED) is 0.167. The predicted molar refractivity (Wildman–Crippen MR) is 256 cm³/mol. The fourth-order valence-electron chi connectivity index (χ4n) is 9.27. The number of hydrogen-bond donors (Lipinski definition) is 0. The van der Waals surface area contributed by atoms with Gasteiger partial charge in [0.15, 0.2) is 11.2 Å². The molecular weight excluding hydrogens is 773 g/mol. The van der Waals surface area contributed by atoms with Crippen LogP contribution in [0.25, 0.3) is 133 Å². The summed E-state index contributed by atoms with van der Waals surface area (Å²) in [5.41, 5.74) is 18.9. The maximum absolute atomic E-state index is 6.36. The van der Waals surface area contributed by atoms with E-state index in [9.17, 15) is 0 Å². The molecule has 0 fully saturated rings. The summed E-state index contributed by atoms with van der Waals surface area (Å²) in [4.78, 5) is 8.46. The molecule has 63 heavy (non-hydrogen) atoms. The summed E-state index contributed by atoms with van der Waals surface area (Å²) in [6, 6.07) is 65.0. The van der Waals surface area contributed by atoms with E-state index in [4.69, 9.17) is 13.3 Å². The highest BCUT2D eigenvalue weighted by molar-refractivity contribution is 6.10. The highest BCUT2D eigenvalue weighted by Gasteiger charge is 2.14. The fraction of sp³-hybridized carbons (Fsp3) is 0. The molecule has 0 aliphatic rings. The summed E-state index contributed by atoms with van der Waals surface area (Å²) >= 11 is 0. The standard InChI is InChI=1S/C58H34N2O3/c1-5-35(25-37(7-1)39-9-3-11-41(27-39)43-13-17-53-49(29-43)47-21-23-59-33-57(47)62-53)36-6-2-8-38(26-36)40-10-4-12-42(28-40)44-14-19-55-51(31-44)52-32-46(16-20-56(52)61-55)45-15-18-54-50(30-45)48-22-24-60-34-58(48)63-54/h1-34H. The molecule has 5 heteroatoms. The highest BCUT2D eigenvalue weighted by atomic mass is 16.3. The SMILES string of the molecule is c1cc(-c2cccc(-c3cccc(-c4ccc5oc6ccc(-c7ccc8oc9cnccc9c8c7)cc6c5c4)c3)c2)cc(-c2cccc(-c3ccc4oc5cnccc5c4c3)c2)c1. The van der Waals surface area contributed by atoms with Crippen LogP contribution in [0, 0.1) is 0 Å². The molecule has 0 saturated carbocycles. The van der Waals surface area contributed by atoms with Gasteiger partial charge in [-0.2, -0.15) is 0 Å². The van der Waals surface area contributed by atoms with Gasteiger partial charge in [-0.05, 0) is 152 Å². The Hall–Kier alpha value is -8.54. The van der Waals surface area contributed by atoms with Gasteiger partial charge in [-0.25, -0.2) is 0 Å². The predicted octanol–water partition coefficient (Wildman–Crippen LogP) is 16.2. The average Bonchev–Trinajstić information content (AvgIpc) is 4.04. The Balaban J connectivity index is 0.805. The Morgan fingerprint density at radius 2 is 0.476 bits per heavy atom. The molecule has 0 radical (unpaired) electrons. The number of benzene rings is 8. The molecular formula is C58H34N2O3. The molecule has 0 aliphatic heterocycles. The average molecular weight is 807 g/mol. The molecule has 8 aromatic carbocycles. The van der Waals surface area contributed by atoms with Gasteiger partial charge in [0.25, 0.3) is 0 Å². The molecule has 0 atom stereocenters. The number of aromatic nitrogens is 2. The van der Waals surface area contributed by atoms with E-state index in [-0.39, 0.29) is 0 Å². The Kier molecular flexibility index (Phi) is 7.84. The normalized spacial score (nSPS) is 11.8. The lowest BCUT2D eigenvalue weighted by molar-refractivity contribution is 0.666. The van der Waals surface area contributed by atoms with Crippen LogP contribution in [0.1, 0.15) is 0 Å². The Morgan fingerprint density at radius 1 is 0.222 bits per heavy atom. The van der Waals surface area contributed by atoms with E-state index < -0.39 is 0 Å². The van der Waals surface area contributed by atoms with Crippen molar-refractivity contribution in [1.82, 2.24) is 9.97 Å². The van der Waals surface area contributed by atoms with Crippen molar-refractivity contribution in [2.75, 3.05) is 0 Å². The van der Waals surface area contributed by atoms with Crippen LogP contribution >= 0.6 is 0 Å². The van der Waals surface area contributed by atoms with Crippen LogP contribution in [0.5, 0.6) is 0 Å². The molecule has 13 rings (SSSR count). The number of rotatable bonds is 6. The Labute approximate surface area is 361 Å². The Bertz CT molecular complexity index is 3940. The minimum absolute atomic E-state index is 0.794. The smallest absolute Gasteiger partial charge is 0.153 e. The summed E-state index contributed by atoms with van der Waals surface area (Å²) in [7, 11) is 0. The highest BCUT2D eigenvalue weighted by Crippen LogP contribution is 2.39. The van der Waals surface area contributed by atoms with Crippen molar-refractivity contribution in [2.24, 2.45) is 0 Å². The number of nitrogens with zero attached hydrogens (tertiary/aromatic N) is 2. The lowest BCUT2D eigenvalue weighted by Gasteiger charge is -2.11. The topological polar surface area (TPSA) is 65.2 Å². The van der Waals surface area contributed by atoms with Crippen molar-refractivity contribution in [1.29, 1.82) is 0 Å². The number of fused-ring (bicyclic) bond motifs is 9. The first kappa shape index (κ1) is 35.2. The third-order valence-electron chi connectivity index (χ3n) is 12.5. The molecule has 0 amide bonds. The summed E-state index contributed by atoms with van der Waals surface area (Å²) in [6.07, 6.45) is 7.18. The molecule has 0 unspecified atom stereocenters. The van der Waals surface area contributed by atoms with E-state index in [0.717, 1.165) is 110 Å². The molecule has 294 valence electrons. The molecule has 5 heterocycles. The fourth-order valence-corrected chi connectivity index (χ4v) is 9.27. The summed E-state index contributed by atoms with van der Waals surface area (Å²) in [5, 5.41) is 6.50. The maximum Gasteiger partial charge on any atom is 0.153 e. The van der Waals surface area contributed by atoms with Gasteiger partial charge in [0, 0.05) is 44.7 Å². The van der Waals surface area contributed by atoms with E-state index in [1.165, 1.54) is 22.3 Å². The van der Waals surface area contributed by atoms with Crippen molar-refractivity contribution < 1.29 is 13.3 Å². The molecule has 5 nitrogen and oxygen atoms in total. The van der Waals surface area contributed by atoms with Crippen molar-refractivity contribution in [3.05, 3.63) is 207 Å². The van der Waals surface area contributed by atoms with Crippen LogP contribution in [0.15, 0.2) is 220 Å². The Morgan fingerprint density at radius 3 is 0.778 bits per heavy atom. The lowest BCUT2D eigenvalue weighted by Crippen LogP contribution is -1.85. The van der Waals surface area contributed by atoms with Crippen molar-refractivity contribution >= 4 is 65.8 Å². The number of furan rings is 3. The molecule has 5 aromatic heterocycles. The van der Waals surface area contributed by atoms with E-state index in [1.807, 2.05) is 30.6 Å². The van der Waals surface area contributed by atoms with E-state index in [2.05, 4.69) is 174 Å². The molecule has 0 spiro atoms. The number of pyridine rings is 2. The second-order valence-corrected chi connectivity index (χ2v) is 16.2. The van der Waals surface area contributed by atoms with E-state index >= 15 is 0 Å². The first-order valence-electron chi connectivity index (χ1n) is 21.1. The maximum atomic E-state index is 6.36. The van der Waals surface area contributed by atoms with Gasteiger partial charge in [0.2, 0.25) is 0 Å². The van der Waals surface area contributed by atoms with Crippen molar-refractivity contribution in [3.8, 4) is 66.8 Å². The molecule has 0 aliphatic carbocycles. The summed E-state index contributed by atoms with van der Waals surface area (Å²) in [5.74, 6) is 0. The van der Waals surface area contributed by atoms with Crippen LogP contribution < -0.4 is 0 Å². The minimum atomic E-state index is 0.794. The van der Waals surface area contributed by atoms with Crippen LogP contribution in [-0.4, -0.2) is 9.97 Å². The summed E-state index contributed by atoms with van der Waals surface area (Å²) in [6.45, 7) is 0. The van der Waals surface area contributed by atoms with Gasteiger partial charge in [-0.3, -0.25) is 9.97 Å². The van der Waals surface area contributed by atoms with Crippen LogP contribution in [0.2, 0.25) is 0 Å². The molecule has 0 N–H and O–H groups in total. The zero-order chi connectivity index (χ0) is 41.4. The third kappa shape index (κ3) is 6.01. The van der Waals surface area contributed by atoms with Crippen LogP contribution in [-0.2, 0) is 0 Å². The number of hydrogen-bond acceptors (Lipinski definition) is 5. The van der Waals surface area contributed by atoms with Gasteiger partial charge in [0.1, 0.15) is 22.3 Å². The third-order valence-corrected chi connectivity index (χ3v) is 12.5. The molecule has 0 bridgehead atoms. The molecule has 0 saturated heterocycles. The van der Waals surface area contributed by atoms with Crippen molar-refractivity contribution in [3.63, 3.8) is 0 Å². The first-order chi connectivity index (χ1) is 31.1. The monoisotopic (exact) mass is 806 g/mol. The zero-order valence-corrected chi connectivity index (χ0v) is 33.7. The lowest BCUT2D eigenvalue weighted by atomic mass is 9.93. The van der Waals surface area contributed by atoms with Gasteiger partial charge in [-0.15, -0.1) is 0 Å². The van der Waals surface area contributed by atoms with Gasteiger partial charge >= 0.3 is 0 Å². The second-order valence-electron chi connectivity index (χ2n) is 16.2. The first-order valence-corrected chi connectivity index (χ1v) is 21.1. The zero-order valence-electron chi connectivity index (χ0n) is 33.7. The summed E-state index contributed by atoms with van der Waals surface area (Å²) < 4.78 is 18.4. The molecule has 13 aromatic rings.